The summed E-state index contributed by atoms with van der Waals surface area (Å²) in [6, 6.07) is 7.24. The Morgan fingerprint density at radius 1 is 1.29 bits per heavy atom. The minimum absolute atomic E-state index is 0.0286. The van der Waals surface area contributed by atoms with Crippen LogP contribution in [0.3, 0.4) is 0 Å². The number of carboxylic acids is 1. The number of carboxylic acid groups (broad SMARTS) is 1. The molecule has 0 amide bonds. The predicted octanol–water partition coefficient (Wildman–Crippen LogP) is 4.97. The molecule has 35 heavy (non-hydrogen) atoms. The maximum atomic E-state index is 15.4. The number of hydrogen-bond donors (Lipinski definition) is 1. The highest BCUT2D eigenvalue weighted by molar-refractivity contribution is 7.99. The monoisotopic (exact) mass is 500 g/mol. The van der Waals surface area contributed by atoms with E-state index in [2.05, 4.69) is 14.9 Å². The summed E-state index contributed by atoms with van der Waals surface area (Å²) in [6.45, 7) is 2.54. The lowest BCUT2D eigenvalue weighted by atomic mass is 9.79. The highest BCUT2D eigenvalue weighted by atomic mass is 32.2. The second-order valence-corrected chi connectivity index (χ2v) is 10.3. The van der Waals surface area contributed by atoms with E-state index < -0.39 is 12.1 Å². The smallest absolute Gasteiger partial charge is 0.303 e. The lowest BCUT2D eigenvalue weighted by Crippen LogP contribution is -2.42. The molecule has 7 nitrogen and oxygen atoms in total. The molecule has 1 N–H and O–H groups in total. The van der Waals surface area contributed by atoms with Crippen molar-refractivity contribution in [1.29, 1.82) is 0 Å². The second kappa shape index (κ2) is 11.9. The first-order valence-corrected chi connectivity index (χ1v) is 13.0. The summed E-state index contributed by atoms with van der Waals surface area (Å²) in [7, 11) is 3.57. The van der Waals surface area contributed by atoms with Gasteiger partial charge in [0.15, 0.2) is 5.16 Å². The molecule has 0 saturated carbocycles. The summed E-state index contributed by atoms with van der Waals surface area (Å²) < 4.78 is 22.8. The number of aromatic nitrogens is 3. The molecule has 3 heterocycles. The molecule has 9 heteroatoms. The maximum absolute atomic E-state index is 15.4. The van der Waals surface area contributed by atoms with Crippen molar-refractivity contribution in [2.24, 2.45) is 18.9 Å². The first-order chi connectivity index (χ1) is 16.9. The van der Waals surface area contributed by atoms with Crippen molar-refractivity contribution in [3.63, 3.8) is 0 Å². The van der Waals surface area contributed by atoms with Gasteiger partial charge in [-0.05, 0) is 67.5 Å². The number of fused-ring (bicyclic) bond motifs is 1. The Bertz CT molecular complexity index is 1140. The Morgan fingerprint density at radius 2 is 2.14 bits per heavy atom. The summed E-state index contributed by atoms with van der Waals surface area (Å²) >= 11 is 1.71. The van der Waals surface area contributed by atoms with Gasteiger partial charge in [0.25, 0.3) is 0 Å². The molecule has 0 radical (unpaired) electrons. The zero-order valence-corrected chi connectivity index (χ0v) is 21.1. The number of pyridine rings is 1. The van der Waals surface area contributed by atoms with Crippen LogP contribution in [0.15, 0.2) is 48.0 Å². The number of rotatable bonds is 11. The molecule has 2 aromatic heterocycles. The summed E-state index contributed by atoms with van der Waals surface area (Å²) in [5.41, 5.74) is 1.36. The molecular weight excluding hydrogens is 467 g/mol. The highest BCUT2D eigenvalue weighted by Crippen LogP contribution is 2.36. The van der Waals surface area contributed by atoms with Gasteiger partial charge in [-0.2, -0.15) is 0 Å². The molecular formula is C26H33FN4O3S. The molecule has 0 aliphatic carbocycles. The van der Waals surface area contributed by atoms with E-state index in [1.807, 2.05) is 36.0 Å². The van der Waals surface area contributed by atoms with Crippen molar-refractivity contribution >= 4 is 28.6 Å². The van der Waals surface area contributed by atoms with Crippen LogP contribution in [0.1, 0.15) is 37.4 Å². The fourth-order valence-corrected chi connectivity index (χ4v) is 5.95. The molecule has 1 saturated heterocycles. The first-order valence-electron chi connectivity index (χ1n) is 12.1. The van der Waals surface area contributed by atoms with E-state index in [1.54, 1.807) is 37.3 Å². The zero-order valence-electron chi connectivity index (χ0n) is 20.3. The van der Waals surface area contributed by atoms with Crippen LogP contribution < -0.4 is 4.74 Å². The topological polar surface area (TPSA) is 80.5 Å². The van der Waals surface area contributed by atoms with E-state index in [1.165, 1.54) is 0 Å². The summed E-state index contributed by atoms with van der Waals surface area (Å²) in [6.07, 6.45) is 6.29. The van der Waals surface area contributed by atoms with Crippen LogP contribution in [0.2, 0.25) is 0 Å². The molecule has 188 valence electrons. The van der Waals surface area contributed by atoms with E-state index in [0.717, 1.165) is 47.9 Å². The van der Waals surface area contributed by atoms with Crippen LogP contribution in [0.4, 0.5) is 4.39 Å². The zero-order chi connectivity index (χ0) is 24.8. The average molecular weight is 501 g/mol. The fraction of sp³-hybridized carbons (Fsp3) is 0.500. The van der Waals surface area contributed by atoms with Gasteiger partial charge in [-0.1, -0.05) is 11.8 Å². The summed E-state index contributed by atoms with van der Waals surface area (Å²) in [5, 5.41) is 11.2. The highest BCUT2D eigenvalue weighted by Gasteiger charge is 2.31. The van der Waals surface area contributed by atoms with Gasteiger partial charge in [0.2, 0.25) is 0 Å². The Labute approximate surface area is 209 Å². The minimum atomic E-state index is -1.13. The number of nitrogens with zero attached hydrogens (tertiary/aromatic N) is 4. The van der Waals surface area contributed by atoms with Gasteiger partial charge in [0.1, 0.15) is 11.9 Å². The maximum Gasteiger partial charge on any atom is 0.303 e. The van der Waals surface area contributed by atoms with Gasteiger partial charge < -0.3 is 19.3 Å². The van der Waals surface area contributed by atoms with Gasteiger partial charge in [-0.15, -0.1) is 0 Å². The van der Waals surface area contributed by atoms with Crippen molar-refractivity contribution in [1.82, 2.24) is 19.4 Å². The normalized spacial score (nSPS) is 19.6. The second-order valence-electron chi connectivity index (χ2n) is 9.20. The number of aryl methyl sites for hydroxylation is 1. The van der Waals surface area contributed by atoms with Gasteiger partial charge in [0, 0.05) is 56.3 Å². The number of thioether (sulfide) groups is 1. The number of halogens is 1. The Kier molecular flexibility index (Phi) is 8.62. The molecule has 0 unspecified atom stereocenters. The van der Waals surface area contributed by atoms with Crippen LogP contribution in [0.25, 0.3) is 10.9 Å². The average Bonchev–Trinajstić information content (AvgIpc) is 3.26. The number of imidazole rings is 1. The molecule has 4 rings (SSSR count). The SMILES string of the molecule is COc1ccc2nccc([C@@H](F)CC[C@@H]3CCN(CCSc4nccn4C)C[C@@H]3CC(=O)O)c2c1. The fourth-order valence-electron chi connectivity index (χ4n) is 5.01. The van der Waals surface area contributed by atoms with Crippen LogP contribution in [0.5, 0.6) is 5.75 Å². The Morgan fingerprint density at radius 3 is 2.89 bits per heavy atom. The molecule has 1 aliphatic rings. The van der Waals surface area contributed by atoms with Gasteiger partial charge in [-0.3, -0.25) is 9.78 Å². The molecule has 1 aliphatic heterocycles. The summed E-state index contributed by atoms with van der Waals surface area (Å²) in [4.78, 5) is 22.6. The molecule has 0 bridgehead atoms. The molecule has 3 aromatic rings. The summed E-state index contributed by atoms with van der Waals surface area (Å²) in [5.74, 6) is 1.02. The number of methoxy groups -OCH3 is 1. The number of hydrogen-bond acceptors (Lipinski definition) is 6. The number of piperidine rings is 1. The lowest BCUT2D eigenvalue weighted by Gasteiger charge is -2.38. The van der Waals surface area contributed by atoms with Crippen molar-refractivity contribution in [2.75, 3.05) is 32.5 Å². The van der Waals surface area contributed by atoms with Crippen molar-refractivity contribution < 1.29 is 19.0 Å². The van der Waals surface area contributed by atoms with Gasteiger partial charge in [-0.25, -0.2) is 9.37 Å². The predicted molar refractivity (Wildman–Crippen MR) is 136 cm³/mol. The van der Waals surface area contributed by atoms with Crippen LogP contribution in [-0.4, -0.2) is 63.0 Å². The van der Waals surface area contributed by atoms with E-state index >= 15 is 4.39 Å². The van der Waals surface area contributed by atoms with E-state index in [0.29, 0.717) is 24.2 Å². The third-order valence-electron chi connectivity index (χ3n) is 6.94. The van der Waals surface area contributed by atoms with Crippen molar-refractivity contribution in [3.8, 4) is 5.75 Å². The standard InChI is InChI=1S/C26H33FN4O3S/c1-30-12-10-29-26(30)35-14-13-31-11-8-18(19(17-31)15-25(32)33)3-5-23(27)21-7-9-28-24-6-4-20(34-2)16-22(21)24/h4,6-7,9-10,12,16,18-19,23H,3,5,8,11,13-15,17H2,1-2H3,(H,32,33)/t18-,19+,23+/m1/s1. The third kappa shape index (κ3) is 6.52. The van der Waals surface area contributed by atoms with Crippen molar-refractivity contribution in [2.45, 2.75) is 37.0 Å². The molecule has 3 atom stereocenters. The number of benzene rings is 1. The number of likely N-dealkylation sites (tertiary alicyclic amines) is 1. The lowest BCUT2D eigenvalue weighted by molar-refractivity contribution is -0.139. The largest absolute Gasteiger partial charge is 0.497 e. The van der Waals surface area contributed by atoms with E-state index in [9.17, 15) is 9.90 Å². The van der Waals surface area contributed by atoms with Crippen LogP contribution >= 0.6 is 11.8 Å². The van der Waals surface area contributed by atoms with Crippen LogP contribution in [0, 0.1) is 11.8 Å². The number of alkyl halides is 1. The third-order valence-corrected chi connectivity index (χ3v) is 7.98. The first kappa shape index (κ1) is 25.4. The Hall–Kier alpha value is -2.65. The van der Waals surface area contributed by atoms with E-state index in [4.69, 9.17) is 4.74 Å². The number of carbonyl (C=O) groups is 1. The number of aliphatic carboxylic acids is 1. The Balaban J connectivity index is 1.35. The quantitative estimate of drug-likeness (QED) is 0.372. The molecule has 1 aromatic carbocycles. The molecule has 1 fully saturated rings. The van der Waals surface area contributed by atoms with Crippen LogP contribution in [-0.2, 0) is 11.8 Å². The van der Waals surface area contributed by atoms with Crippen molar-refractivity contribution in [3.05, 3.63) is 48.4 Å². The number of ether oxygens (including phenoxy) is 1. The molecule has 0 spiro atoms. The van der Waals surface area contributed by atoms with Gasteiger partial charge >= 0.3 is 5.97 Å². The van der Waals surface area contributed by atoms with Gasteiger partial charge in [0.05, 0.1) is 12.6 Å². The van der Waals surface area contributed by atoms with E-state index in [-0.39, 0.29) is 18.3 Å². The minimum Gasteiger partial charge on any atom is -0.497 e.